The number of nitrogens with zero attached hydrogens (tertiary/aromatic N) is 1. The molecule has 0 aliphatic rings. The van der Waals surface area contributed by atoms with Crippen LogP contribution in [0.5, 0.6) is 0 Å². The Balaban J connectivity index is 1.83. The Morgan fingerprint density at radius 1 is 1.18 bits per heavy atom. The molecule has 1 aromatic carbocycles. The van der Waals surface area contributed by atoms with Gasteiger partial charge in [-0.1, -0.05) is 15.9 Å². The summed E-state index contributed by atoms with van der Waals surface area (Å²) in [6.45, 7) is 0.704. The van der Waals surface area contributed by atoms with Crippen molar-refractivity contribution in [3.8, 4) is 0 Å². The van der Waals surface area contributed by atoms with E-state index in [1.165, 1.54) is 0 Å². The molecule has 4 heteroatoms. The number of halogens is 1. The molecule has 0 unspecified atom stereocenters. The zero-order valence-corrected chi connectivity index (χ0v) is 10.9. The fourth-order valence-electron chi connectivity index (χ4n) is 1.51. The second-order valence-corrected chi connectivity index (χ2v) is 4.64. The van der Waals surface area contributed by atoms with Crippen molar-refractivity contribution in [2.24, 2.45) is 0 Å². The molecule has 0 aliphatic heterocycles. The molecule has 0 aliphatic carbocycles. The number of carbonyl (C=O) groups is 1. The molecule has 1 amide bonds. The zero-order chi connectivity index (χ0) is 12.1. The lowest BCUT2D eigenvalue weighted by Gasteiger charge is -2.06. The molecule has 17 heavy (non-hydrogen) atoms. The number of aromatic nitrogens is 1. The number of benzene rings is 1. The van der Waals surface area contributed by atoms with Crippen LogP contribution in [0.1, 0.15) is 6.42 Å². The number of hydrogen-bond donors (Lipinski definition) is 1. The molecule has 1 aromatic heterocycles. The molecule has 0 fully saturated rings. The molecule has 0 spiro atoms. The van der Waals surface area contributed by atoms with Gasteiger partial charge in [-0.15, -0.1) is 0 Å². The standard InChI is InChI=1S/C13H13BrN2O/c14-11-3-5-12(6-4-11)15-13(17)7-10-16-8-1-2-9-16/h1-6,8-9H,7,10H2,(H,15,17). The van der Waals surface area contributed by atoms with Gasteiger partial charge in [-0.25, -0.2) is 0 Å². The maximum absolute atomic E-state index is 11.7. The Kier molecular flexibility index (Phi) is 3.98. The summed E-state index contributed by atoms with van der Waals surface area (Å²) in [5, 5.41) is 2.86. The van der Waals surface area contributed by atoms with Crippen molar-refractivity contribution in [2.75, 3.05) is 5.32 Å². The molecular formula is C13H13BrN2O. The first-order chi connectivity index (χ1) is 8.24. The molecule has 1 N–H and O–H groups in total. The smallest absolute Gasteiger partial charge is 0.226 e. The predicted molar refractivity (Wildman–Crippen MR) is 71.8 cm³/mol. The second-order valence-electron chi connectivity index (χ2n) is 3.73. The third kappa shape index (κ3) is 3.75. The topological polar surface area (TPSA) is 34.0 Å². The minimum atomic E-state index is 0.0287. The van der Waals surface area contributed by atoms with Gasteiger partial charge in [-0.3, -0.25) is 4.79 Å². The highest BCUT2D eigenvalue weighted by Gasteiger charge is 2.02. The van der Waals surface area contributed by atoms with E-state index in [-0.39, 0.29) is 5.91 Å². The van der Waals surface area contributed by atoms with Crippen LogP contribution in [0.4, 0.5) is 5.69 Å². The second kappa shape index (κ2) is 5.68. The summed E-state index contributed by atoms with van der Waals surface area (Å²) >= 11 is 3.35. The first-order valence-corrected chi connectivity index (χ1v) is 6.19. The van der Waals surface area contributed by atoms with Crippen molar-refractivity contribution in [3.05, 3.63) is 53.3 Å². The molecule has 0 bridgehead atoms. The van der Waals surface area contributed by atoms with E-state index in [1.807, 2.05) is 53.4 Å². The van der Waals surface area contributed by atoms with E-state index in [1.54, 1.807) is 0 Å². The zero-order valence-electron chi connectivity index (χ0n) is 9.27. The predicted octanol–water partition coefficient (Wildman–Crippen LogP) is 3.28. The van der Waals surface area contributed by atoms with Crippen LogP contribution in [0.3, 0.4) is 0 Å². The maximum Gasteiger partial charge on any atom is 0.226 e. The van der Waals surface area contributed by atoms with Gasteiger partial charge < -0.3 is 9.88 Å². The minimum absolute atomic E-state index is 0.0287. The van der Waals surface area contributed by atoms with Crippen molar-refractivity contribution in [3.63, 3.8) is 0 Å². The van der Waals surface area contributed by atoms with Gasteiger partial charge in [0.15, 0.2) is 0 Å². The largest absolute Gasteiger partial charge is 0.354 e. The van der Waals surface area contributed by atoms with E-state index >= 15 is 0 Å². The van der Waals surface area contributed by atoms with Gasteiger partial charge in [0.05, 0.1) is 0 Å². The van der Waals surface area contributed by atoms with Crippen LogP contribution in [0.25, 0.3) is 0 Å². The van der Waals surface area contributed by atoms with Crippen LogP contribution in [0.2, 0.25) is 0 Å². The van der Waals surface area contributed by atoms with Crippen molar-refractivity contribution >= 4 is 27.5 Å². The van der Waals surface area contributed by atoms with Crippen molar-refractivity contribution in [1.29, 1.82) is 0 Å². The summed E-state index contributed by atoms with van der Waals surface area (Å²) < 4.78 is 2.99. The van der Waals surface area contributed by atoms with Gasteiger partial charge in [0.25, 0.3) is 0 Å². The molecular weight excluding hydrogens is 280 g/mol. The lowest BCUT2D eigenvalue weighted by molar-refractivity contribution is -0.116. The third-order valence-electron chi connectivity index (χ3n) is 2.39. The number of aryl methyl sites for hydroxylation is 1. The Labute approximate surface area is 109 Å². The van der Waals surface area contributed by atoms with Gasteiger partial charge in [0.1, 0.15) is 0 Å². The minimum Gasteiger partial charge on any atom is -0.354 e. The fraction of sp³-hybridized carbons (Fsp3) is 0.154. The SMILES string of the molecule is O=C(CCn1cccc1)Nc1ccc(Br)cc1. The summed E-state index contributed by atoms with van der Waals surface area (Å²) in [6.07, 6.45) is 4.38. The lowest BCUT2D eigenvalue weighted by Crippen LogP contribution is -2.13. The van der Waals surface area contributed by atoms with E-state index in [9.17, 15) is 4.79 Å². The quantitative estimate of drug-likeness (QED) is 0.922. The van der Waals surface area contributed by atoms with Crippen LogP contribution in [0.15, 0.2) is 53.3 Å². The number of carbonyl (C=O) groups excluding carboxylic acids is 1. The highest BCUT2D eigenvalue weighted by molar-refractivity contribution is 9.10. The van der Waals surface area contributed by atoms with Gasteiger partial charge in [0, 0.05) is 35.5 Å². The average molecular weight is 293 g/mol. The number of anilines is 1. The van der Waals surface area contributed by atoms with Gasteiger partial charge in [0.2, 0.25) is 5.91 Å². The monoisotopic (exact) mass is 292 g/mol. The van der Waals surface area contributed by atoms with E-state index in [0.717, 1.165) is 10.2 Å². The normalized spacial score (nSPS) is 10.2. The van der Waals surface area contributed by atoms with Crippen LogP contribution in [-0.4, -0.2) is 10.5 Å². The molecule has 0 atom stereocenters. The maximum atomic E-state index is 11.7. The summed E-state index contributed by atoms with van der Waals surface area (Å²) in [4.78, 5) is 11.7. The van der Waals surface area contributed by atoms with Gasteiger partial charge in [-0.05, 0) is 36.4 Å². The van der Waals surface area contributed by atoms with Crippen molar-refractivity contribution in [1.82, 2.24) is 4.57 Å². The Bertz CT molecular complexity index is 477. The van der Waals surface area contributed by atoms with Gasteiger partial charge >= 0.3 is 0 Å². The highest BCUT2D eigenvalue weighted by atomic mass is 79.9. The molecule has 1 heterocycles. The average Bonchev–Trinajstić information content (AvgIpc) is 2.83. The first kappa shape index (κ1) is 11.9. The summed E-state index contributed by atoms with van der Waals surface area (Å²) in [5.74, 6) is 0.0287. The molecule has 0 radical (unpaired) electrons. The Hall–Kier alpha value is -1.55. The number of rotatable bonds is 4. The summed E-state index contributed by atoms with van der Waals surface area (Å²) in [6, 6.07) is 11.5. The van der Waals surface area contributed by atoms with Crippen LogP contribution >= 0.6 is 15.9 Å². The van der Waals surface area contributed by atoms with Crippen LogP contribution < -0.4 is 5.32 Å². The number of amides is 1. The molecule has 88 valence electrons. The molecule has 2 rings (SSSR count). The van der Waals surface area contributed by atoms with E-state index in [2.05, 4.69) is 21.2 Å². The summed E-state index contributed by atoms with van der Waals surface area (Å²) in [7, 11) is 0. The Morgan fingerprint density at radius 3 is 2.47 bits per heavy atom. The number of nitrogens with one attached hydrogen (secondary N) is 1. The lowest BCUT2D eigenvalue weighted by atomic mass is 10.3. The highest BCUT2D eigenvalue weighted by Crippen LogP contribution is 2.14. The van der Waals surface area contributed by atoms with E-state index in [4.69, 9.17) is 0 Å². The molecule has 0 saturated carbocycles. The molecule has 2 aromatic rings. The Morgan fingerprint density at radius 2 is 1.82 bits per heavy atom. The summed E-state index contributed by atoms with van der Waals surface area (Å²) in [5.41, 5.74) is 0.825. The third-order valence-corrected chi connectivity index (χ3v) is 2.92. The molecule has 0 saturated heterocycles. The van der Waals surface area contributed by atoms with E-state index in [0.29, 0.717) is 13.0 Å². The van der Waals surface area contributed by atoms with Crippen LogP contribution in [0, 0.1) is 0 Å². The molecule has 3 nitrogen and oxygen atoms in total. The van der Waals surface area contributed by atoms with Crippen LogP contribution in [-0.2, 0) is 11.3 Å². The van der Waals surface area contributed by atoms with E-state index < -0.39 is 0 Å². The first-order valence-electron chi connectivity index (χ1n) is 5.40. The van der Waals surface area contributed by atoms with Crippen molar-refractivity contribution < 1.29 is 4.79 Å². The van der Waals surface area contributed by atoms with Crippen molar-refractivity contribution in [2.45, 2.75) is 13.0 Å². The van der Waals surface area contributed by atoms with Gasteiger partial charge in [-0.2, -0.15) is 0 Å². The fourth-order valence-corrected chi connectivity index (χ4v) is 1.77. The number of hydrogen-bond acceptors (Lipinski definition) is 1.